The third-order valence-corrected chi connectivity index (χ3v) is 3.31. The molecule has 2 rings (SSSR count). The number of Topliss-reactive ketones (excluding diaryl/α,β-unsaturated/α-hetero) is 1. The van der Waals surface area contributed by atoms with E-state index < -0.39 is 0 Å². The summed E-state index contributed by atoms with van der Waals surface area (Å²) in [7, 11) is 0. The lowest BCUT2D eigenvalue weighted by Gasteiger charge is -2.06. The number of carbonyl (C=O) groups excluding carboxylic acids is 1. The van der Waals surface area contributed by atoms with Crippen molar-refractivity contribution in [1.82, 2.24) is 0 Å². The van der Waals surface area contributed by atoms with E-state index in [9.17, 15) is 9.90 Å². The molecule has 2 heterocycles. The van der Waals surface area contributed by atoms with E-state index in [-0.39, 0.29) is 24.2 Å². The van der Waals surface area contributed by atoms with Gasteiger partial charge >= 0.3 is 0 Å². The predicted molar refractivity (Wildman–Crippen MR) is 59.9 cm³/mol. The number of fused-ring (bicyclic) bond motifs is 1. The fourth-order valence-corrected chi connectivity index (χ4v) is 1.73. The molecule has 0 aromatic carbocycles. The van der Waals surface area contributed by atoms with E-state index in [0.717, 1.165) is 19.4 Å². The van der Waals surface area contributed by atoms with Crippen LogP contribution in [0.4, 0.5) is 0 Å². The van der Waals surface area contributed by atoms with Crippen LogP contribution >= 0.6 is 0 Å². The van der Waals surface area contributed by atoms with E-state index >= 15 is 0 Å². The first-order valence-corrected chi connectivity index (χ1v) is 5.98. The minimum Gasteiger partial charge on any atom is -0.390 e. The third kappa shape index (κ3) is 3.54. The Morgan fingerprint density at radius 1 is 1.50 bits per heavy atom. The van der Waals surface area contributed by atoms with Crippen molar-refractivity contribution < 1.29 is 19.4 Å². The second-order valence-electron chi connectivity index (χ2n) is 4.51. The number of ketones is 1. The van der Waals surface area contributed by atoms with Crippen molar-refractivity contribution in [3.8, 4) is 0 Å². The van der Waals surface area contributed by atoms with E-state index in [0.29, 0.717) is 12.4 Å². The smallest absolute Gasteiger partial charge is 0.163 e. The molecule has 0 aromatic heterocycles. The number of aliphatic hydroxyl groups is 1. The van der Waals surface area contributed by atoms with Gasteiger partial charge in [0.2, 0.25) is 0 Å². The molecule has 16 heavy (non-hydrogen) atoms. The Kier molecular flexibility index (Phi) is 5.38. The number of carbonyl (C=O) groups is 1. The molecule has 0 saturated carbocycles. The molecule has 0 aromatic rings. The maximum atomic E-state index is 10.4. The summed E-state index contributed by atoms with van der Waals surface area (Å²) in [5.74, 6) is 0.812. The van der Waals surface area contributed by atoms with Crippen LogP contribution in [0.1, 0.15) is 33.6 Å². The van der Waals surface area contributed by atoms with Crippen LogP contribution in [0, 0.1) is 11.8 Å². The summed E-state index contributed by atoms with van der Waals surface area (Å²) in [5, 5.41) is 9.19. The van der Waals surface area contributed by atoms with Crippen molar-refractivity contribution >= 4 is 5.78 Å². The molecule has 2 aliphatic rings. The number of ether oxygens (including phenoxy) is 2. The molecule has 0 spiro atoms. The molecule has 4 atom stereocenters. The number of rotatable bonds is 2. The zero-order chi connectivity index (χ0) is 12.1. The van der Waals surface area contributed by atoms with Crippen LogP contribution in [-0.2, 0) is 14.3 Å². The van der Waals surface area contributed by atoms with Crippen molar-refractivity contribution in [1.29, 1.82) is 0 Å². The topological polar surface area (TPSA) is 55.8 Å². The molecule has 94 valence electrons. The highest BCUT2D eigenvalue weighted by molar-refractivity contribution is 5.77. The Bertz CT molecular complexity index is 229. The summed E-state index contributed by atoms with van der Waals surface area (Å²) in [4.78, 5) is 10.4. The Morgan fingerprint density at radius 2 is 2.19 bits per heavy atom. The highest BCUT2D eigenvalue weighted by Crippen LogP contribution is 2.30. The molecule has 2 fully saturated rings. The first-order chi connectivity index (χ1) is 7.56. The predicted octanol–water partition coefficient (Wildman–Crippen LogP) is 1.36. The quantitative estimate of drug-likeness (QED) is 0.778. The van der Waals surface area contributed by atoms with E-state index in [4.69, 9.17) is 9.47 Å². The van der Waals surface area contributed by atoms with Crippen LogP contribution in [0.2, 0.25) is 0 Å². The van der Waals surface area contributed by atoms with E-state index in [2.05, 4.69) is 0 Å². The van der Waals surface area contributed by atoms with Gasteiger partial charge in [0.05, 0.1) is 19.3 Å². The van der Waals surface area contributed by atoms with Gasteiger partial charge in [-0.1, -0.05) is 13.8 Å². The van der Waals surface area contributed by atoms with Crippen molar-refractivity contribution in [2.75, 3.05) is 13.2 Å². The maximum Gasteiger partial charge on any atom is 0.163 e. The van der Waals surface area contributed by atoms with Gasteiger partial charge in [0.25, 0.3) is 0 Å². The van der Waals surface area contributed by atoms with Crippen molar-refractivity contribution in [2.24, 2.45) is 11.8 Å². The van der Waals surface area contributed by atoms with E-state index in [1.807, 2.05) is 13.8 Å². The van der Waals surface area contributed by atoms with Gasteiger partial charge in [-0.15, -0.1) is 0 Å². The van der Waals surface area contributed by atoms with Crippen molar-refractivity contribution in [3.63, 3.8) is 0 Å². The van der Waals surface area contributed by atoms with Crippen LogP contribution in [0.15, 0.2) is 0 Å². The molecule has 0 radical (unpaired) electrons. The minimum atomic E-state index is -0.280. The SMILES string of the molecule is CC[C@@H](C)C(C)=O.O[C@@H]1CO[C@@H]2OCC[C@@H]21. The number of aliphatic hydroxyl groups excluding tert-OH is 1. The maximum absolute atomic E-state index is 10.4. The summed E-state index contributed by atoms with van der Waals surface area (Å²) < 4.78 is 10.3. The van der Waals surface area contributed by atoms with Crippen molar-refractivity contribution in [3.05, 3.63) is 0 Å². The van der Waals surface area contributed by atoms with E-state index in [1.54, 1.807) is 6.92 Å². The van der Waals surface area contributed by atoms with Crippen LogP contribution in [0.5, 0.6) is 0 Å². The number of hydrogen-bond donors (Lipinski definition) is 1. The van der Waals surface area contributed by atoms with Gasteiger partial charge < -0.3 is 14.6 Å². The third-order valence-electron chi connectivity index (χ3n) is 3.31. The summed E-state index contributed by atoms with van der Waals surface area (Å²) in [6.07, 6.45) is 1.54. The zero-order valence-electron chi connectivity index (χ0n) is 10.3. The number of hydrogen-bond acceptors (Lipinski definition) is 4. The Hall–Kier alpha value is -0.450. The van der Waals surface area contributed by atoms with Crippen LogP contribution < -0.4 is 0 Å². The fourth-order valence-electron chi connectivity index (χ4n) is 1.73. The van der Waals surface area contributed by atoms with Gasteiger partial charge in [-0.2, -0.15) is 0 Å². The van der Waals surface area contributed by atoms with Gasteiger partial charge in [0, 0.05) is 11.8 Å². The lowest BCUT2D eigenvalue weighted by Crippen LogP contribution is -2.18. The second kappa shape index (κ2) is 6.33. The van der Waals surface area contributed by atoms with Gasteiger partial charge in [-0.05, 0) is 19.8 Å². The average molecular weight is 230 g/mol. The zero-order valence-corrected chi connectivity index (χ0v) is 10.3. The lowest BCUT2D eigenvalue weighted by molar-refractivity contribution is -0.120. The summed E-state index contributed by atoms with van der Waals surface area (Å²) >= 11 is 0. The summed E-state index contributed by atoms with van der Waals surface area (Å²) in [5.41, 5.74) is 0. The molecule has 0 amide bonds. The summed E-state index contributed by atoms with van der Waals surface area (Å²) in [6, 6.07) is 0. The van der Waals surface area contributed by atoms with Crippen LogP contribution in [0.25, 0.3) is 0 Å². The van der Waals surface area contributed by atoms with Gasteiger partial charge in [-0.25, -0.2) is 0 Å². The average Bonchev–Trinajstić information content (AvgIpc) is 2.84. The van der Waals surface area contributed by atoms with Crippen LogP contribution in [-0.4, -0.2) is 36.5 Å². The Labute approximate surface area is 96.9 Å². The first-order valence-electron chi connectivity index (χ1n) is 5.98. The lowest BCUT2D eigenvalue weighted by atomic mass is 10.0. The molecule has 4 heteroatoms. The normalized spacial score (nSPS) is 33.9. The highest BCUT2D eigenvalue weighted by Gasteiger charge is 2.40. The molecule has 2 aliphatic heterocycles. The molecule has 2 saturated heterocycles. The molecule has 4 nitrogen and oxygen atoms in total. The van der Waals surface area contributed by atoms with Gasteiger partial charge in [-0.3, -0.25) is 4.79 Å². The highest BCUT2D eigenvalue weighted by atomic mass is 16.7. The Balaban J connectivity index is 0.000000168. The van der Waals surface area contributed by atoms with E-state index in [1.165, 1.54) is 0 Å². The molecule has 1 N–H and O–H groups in total. The molecular weight excluding hydrogens is 208 g/mol. The standard InChI is InChI=1S/C6H10O3.C6H12O/c7-5-3-9-6-4(5)1-2-8-6;1-4-5(2)6(3)7/h4-7H,1-3H2;5H,4H2,1-3H3/t4-,5-,6+;5-/m11/s1. The van der Waals surface area contributed by atoms with Gasteiger partial charge in [0.1, 0.15) is 5.78 Å². The minimum absolute atomic E-state index is 0.0972. The molecular formula is C12H22O4. The van der Waals surface area contributed by atoms with Crippen LogP contribution in [0.3, 0.4) is 0 Å². The largest absolute Gasteiger partial charge is 0.390 e. The Morgan fingerprint density at radius 3 is 2.62 bits per heavy atom. The second-order valence-corrected chi connectivity index (χ2v) is 4.51. The van der Waals surface area contributed by atoms with Crippen molar-refractivity contribution in [2.45, 2.75) is 46.0 Å². The molecule has 0 unspecified atom stereocenters. The summed E-state index contributed by atoms with van der Waals surface area (Å²) in [6.45, 7) is 6.80. The molecule has 0 aliphatic carbocycles. The monoisotopic (exact) mass is 230 g/mol. The molecule has 0 bridgehead atoms. The fraction of sp³-hybridized carbons (Fsp3) is 0.917. The first kappa shape index (κ1) is 13.6. The van der Waals surface area contributed by atoms with Gasteiger partial charge in [0.15, 0.2) is 6.29 Å².